The van der Waals surface area contributed by atoms with Crippen molar-refractivity contribution in [3.63, 3.8) is 0 Å². The molecule has 3 nitrogen and oxygen atoms in total. The Morgan fingerprint density at radius 3 is 2.48 bits per heavy atom. The summed E-state index contributed by atoms with van der Waals surface area (Å²) in [6.45, 7) is 8.51. The smallest absolute Gasteiger partial charge is 0.0717 e. The van der Waals surface area contributed by atoms with Crippen LogP contribution in [0.1, 0.15) is 32.3 Å². The molecule has 2 N–H and O–H groups in total. The first kappa shape index (κ1) is 17.9. The molecule has 0 saturated carbocycles. The Bertz CT molecular complexity index is 391. The Labute approximate surface area is 128 Å². The van der Waals surface area contributed by atoms with Gasteiger partial charge < -0.3 is 14.9 Å². The molecule has 0 unspecified atom stereocenters. The molecule has 0 saturated heterocycles. The van der Waals surface area contributed by atoms with Gasteiger partial charge in [0.25, 0.3) is 0 Å². The molecule has 21 heavy (non-hydrogen) atoms. The van der Waals surface area contributed by atoms with Crippen LogP contribution >= 0.6 is 0 Å². The van der Waals surface area contributed by atoms with E-state index in [1.54, 1.807) is 6.08 Å². The second-order valence-electron chi connectivity index (χ2n) is 5.76. The lowest BCUT2D eigenvalue weighted by molar-refractivity contribution is -0.0359. The molecular weight excluding hydrogens is 264 g/mol. The largest absolute Gasteiger partial charge is 0.393 e. The van der Waals surface area contributed by atoms with Gasteiger partial charge in [-0.1, -0.05) is 50.3 Å². The predicted molar refractivity (Wildman–Crippen MR) is 85.9 cm³/mol. The number of aliphatic hydroxyl groups excluding tert-OH is 2. The monoisotopic (exact) mass is 292 g/mol. The number of hydrogen-bond acceptors (Lipinski definition) is 3. The maximum Gasteiger partial charge on any atom is 0.0717 e. The second-order valence-corrected chi connectivity index (χ2v) is 5.76. The summed E-state index contributed by atoms with van der Waals surface area (Å²) >= 11 is 0. The minimum absolute atomic E-state index is 0.0120. The quantitative estimate of drug-likeness (QED) is 0.651. The molecule has 1 rings (SSSR count). The van der Waals surface area contributed by atoms with Crippen LogP contribution in [0.4, 0.5) is 0 Å². The Kier molecular flexibility index (Phi) is 8.28. The predicted octanol–water partition coefficient (Wildman–Crippen LogP) is 3.16. The molecule has 0 aromatic heterocycles. The van der Waals surface area contributed by atoms with Crippen LogP contribution in [0.3, 0.4) is 0 Å². The summed E-state index contributed by atoms with van der Waals surface area (Å²) < 4.78 is 5.66. The molecule has 0 heterocycles. The van der Waals surface area contributed by atoms with Gasteiger partial charge in [-0.25, -0.2) is 0 Å². The topological polar surface area (TPSA) is 49.7 Å². The average molecular weight is 292 g/mol. The van der Waals surface area contributed by atoms with Gasteiger partial charge in [-0.05, 0) is 18.4 Å². The molecule has 0 bridgehead atoms. The van der Waals surface area contributed by atoms with Crippen LogP contribution in [0.2, 0.25) is 0 Å². The van der Waals surface area contributed by atoms with Crippen LogP contribution in [0.25, 0.3) is 0 Å². The fourth-order valence-corrected chi connectivity index (χ4v) is 2.33. The molecular formula is C18H28O3. The maximum atomic E-state index is 10.3. The average Bonchev–Trinajstić information content (AvgIpc) is 2.52. The van der Waals surface area contributed by atoms with E-state index in [0.29, 0.717) is 19.6 Å². The van der Waals surface area contributed by atoms with Gasteiger partial charge >= 0.3 is 0 Å². The van der Waals surface area contributed by atoms with Crippen molar-refractivity contribution in [3.8, 4) is 0 Å². The number of allylic oxidation sites excluding steroid dienone is 1. The van der Waals surface area contributed by atoms with Crippen molar-refractivity contribution in [2.45, 2.75) is 45.5 Å². The minimum atomic E-state index is -0.569. The van der Waals surface area contributed by atoms with E-state index >= 15 is 0 Å². The SMILES string of the molecule is C=CCC[C@H](O)[C@@H](C)[C@@H](O)[C@H](C)COCc1ccccc1. The maximum absolute atomic E-state index is 10.3. The van der Waals surface area contributed by atoms with Crippen LogP contribution in [-0.2, 0) is 11.3 Å². The van der Waals surface area contributed by atoms with E-state index in [1.165, 1.54) is 0 Å². The van der Waals surface area contributed by atoms with Crippen molar-refractivity contribution in [2.24, 2.45) is 11.8 Å². The van der Waals surface area contributed by atoms with Crippen LogP contribution in [-0.4, -0.2) is 29.0 Å². The van der Waals surface area contributed by atoms with Crippen LogP contribution in [0, 0.1) is 11.8 Å². The van der Waals surface area contributed by atoms with Gasteiger partial charge in [0.15, 0.2) is 0 Å². The van der Waals surface area contributed by atoms with E-state index in [-0.39, 0.29) is 11.8 Å². The fraction of sp³-hybridized carbons (Fsp3) is 0.556. The Morgan fingerprint density at radius 2 is 1.86 bits per heavy atom. The lowest BCUT2D eigenvalue weighted by Gasteiger charge is -2.28. The number of benzene rings is 1. The molecule has 4 atom stereocenters. The standard InChI is InChI=1S/C18H28O3/c1-4-5-11-17(19)15(3)18(20)14(2)12-21-13-16-9-7-6-8-10-16/h4,6-10,14-15,17-20H,1,5,11-13H2,2-3H3/t14-,15-,17+,18+/m1/s1. The first-order chi connectivity index (χ1) is 10.1. The molecule has 118 valence electrons. The summed E-state index contributed by atoms with van der Waals surface area (Å²) in [6.07, 6.45) is 2.11. The van der Waals surface area contributed by atoms with Crippen LogP contribution < -0.4 is 0 Å². The van der Waals surface area contributed by atoms with Gasteiger partial charge in [0.05, 0.1) is 25.4 Å². The highest BCUT2D eigenvalue weighted by Gasteiger charge is 2.26. The van der Waals surface area contributed by atoms with E-state index < -0.39 is 12.2 Å². The zero-order valence-electron chi connectivity index (χ0n) is 13.1. The van der Waals surface area contributed by atoms with E-state index in [0.717, 1.165) is 12.0 Å². The van der Waals surface area contributed by atoms with Gasteiger partial charge in [0.2, 0.25) is 0 Å². The van der Waals surface area contributed by atoms with Crippen molar-refractivity contribution in [1.29, 1.82) is 0 Å². The third-order valence-electron chi connectivity index (χ3n) is 3.89. The van der Waals surface area contributed by atoms with Crippen molar-refractivity contribution < 1.29 is 14.9 Å². The third kappa shape index (κ3) is 6.42. The fourth-order valence-electron chi connectivity index (χ4n) is 2.33. The Balaban J connectivity index is 2.32. The van der Waals surface area contributed by atoms with Crippen molar-refractivity contribution >= 4 is 0 Å². The molecule has 0 radical (unpaired) electrons. The van der Waals surface area contributed by atoms with Gasteiger partial charge in [0.1, 0.15) is 0 Å². The van der Waals surface area contributed by atoms with E-state index in [2.05, 4.69) is 6.58 Å². The lowest BCUT2D eigenvalue weighted by Crippen LogP contribution is -2.35. The van der Waals surface area contributed by atoms with Crippen LogP contribution in [0.15, 0.2) is 43.0 Å². The van der Waals surface area contributed by atoms with Gasteiger partial charge in [0, 0.05) is 11.8 Å². The summed E-state index contributed by atoms with van der Waals surface area (Å²) in [5.41, 5.74) is 1.12. The number of hydrogen-bond donors (Lipinski definition) is 2. The number of ether oxygens (including phenoxy) is 1. The molecule has 1 aromatic carbocycles. The lowest BCUT2D eigenvalue weighted by atomic mass is 9.88. The molecule has 0 spiro atoms. The second kappa shape index (κ2) is 9.72. The van der Waals surface area contributed by atoms with Gasteiger partial charge in [-0.2, -0.15) is 0 Å². The third-order valence-corrected chi connectivity index (χ3v) is 3.89. The summed E-state index contributed by atoms with van der Waals surface area (Å²) in [4.78, 5) is 0. The van der Waals surface area contributed by atoms with E-state index in [4.69, 9.17) is 4.74 Å². The van der Waals surface area contributed by atoms with Gasteiger partial charge in [-0.15, -0.1) is 6.58 Å². The highest BCUT2D eigenvalue weighted by Crippen LogP contribution is 2.20. The van der Waals surface area contributed by atoms with Gasteiger partial charge in [-0.3, -0.25) is 0 Å². The molecule has 3 heteroatoms. The summed E-state index contributed by atoms with van der Waals surface area (Å²) in [6, 6.07) is 9.97. The molecule has 1 aromatic rings. The van der Waals surface area contributed by atoms with E-state index in [1.807, 2.05) is 44.2 Å². The summed E-state index contributed by atoms with van der Waals surface area (Å²) in [5, 5.41) is 20.3. The van der Waals surface area contributed by atoms with Crippen molar-refractivity contribution in [2.75, 3.05) is 6.61 Å². The zero-order valence-corrected chi connectivity index (χ0v) is 13.1. The van der Waals surface area contributed by atoms with Crippen molar-refractivity contribution in [3.05, 3.63) is 48.6 Å². The molecule has 0 aliphatic carbocycles. The molecule has 0 amide bonds. The molecule has 0 fully saturated rings. The number of rotatable bonds is 10. The summed E-state index contributed by atoms with van der Waals surface area (Å²) in [7, 11) is 0. The van der Waals surface area contributed by atoms with E-state index in [9.17, 15) is 10.2 Å². The number of aliphatic hydroxyl groups is 2. The Morgan fingerprint density at radius 1 is 1.19 bits per heavy atom. The van der Waals surface area contributed by atoms with Crippen LogP contribution in [0.5, 0.6) is 0 Å². The molecule has 0 aliphatic rings. The zero-order chi connectivity index (χ0) is 15.7. The first-order valence-electron chi connectivity index (χ1n) is 7.65. The normalized spacial score (nSPS) is 17.0. The minimum Gasteiger partial charge on any atom is -0.393 e. The van der Waals surface area contributed by atoms with Crippen molar-refractivity contribution in [1.82, 2.24) is 0 Å². The highest BCUT2D eigenvalue weighted by atomic mass is 16.5. The highest BCUT2D eigenvalue weighted by molar-refractivity contribution is 5.13. The molecule has 0 aliphatic heterocycles. The summed E-state index contributed by atoms with van der Waals surface area (Å²) in [5.74, 6) is -0.178. The Hall–Kier alpha value is -1.16. The first-order valence-corrected chi connectivity index (χ1v) is 7.65.